The van der Waals surface area contributed by atoms with Gasteiger partial charge in [-0.15, -0.1) is 11.3 Å². The minimum absolute atomic E-state index is 0.781. The van der Waals surface area contributed by atoms with Crippen LogP contribution in [-0.4, -0.2) is 31.7 Å². The number of piperidine rings is 1. The summed E-state index contributed by atoms with van der Waals surface area (Å²) in [6.07, 6.45) is 2.66. The zero-order valence-corrected chi connectivity index (χ0v) is 11.2. The molecular weight excluding hydrogens is 218 g/mol. The predicted molar refractivity (Wildman–Crippen MR) is 70.5 cm³/mol. The topological polar surface area (TPSA) is 28.2 Å². The lowest BCUT2D eigenvalue weighted by Gasteiger charge is -2.27. The third-order valence-electron chi connectivity index (χ3n) is 3.27. The lowest BCUT2D eigenvalue weighted by atomic mass is 9.99. The SMILES string of the molecule is Cc1nc(N(C)CC2CCCNC2)sc1C. The number of hydrogen-bond donors (Lipinski definition) is 1. The Kier molecular flexibility index (Phi) is 3.82. The van der Waals surface area contributed by atoms with Crippen molar-refractivity contribution in [3.8, 4) is 0 Å². The Morgan fingerprint density at radius 2 is 2.31 bits per heavy atom. The number of thiazole rings is 1. The maximum atomic E-state index is 4.60. The Morgan fingerprint density at radius 3 is 2.88 bits per heavy atom. The van der Waals surface area contributed by atoms with E-state index in [4.69, 9.17) is 0 Å². The molecule has 2 heterocycles. The molecule has 0 bridgehead atoms. The summed E-state index contributed by atoms with van der Waals surface area (Å²) in [6.45, 7) is 7.71. The number of aryl methyl sites for hydroxylation is 2. The Bertz CT molecular complexity index is 323. The maximum absolute atomic E-state index is 4.60. The lowest BCUT2D eigenvalue weighted by molar-refractivity contribution is 0.381. The van der Waals surface area contributed by atoms with Gasteiger partial charge < -0.3 is 10.2 Å². The number of nitrogens with zero attached hydrogens (tertiary/aromatic N) is 2. The molecule has 4 heteroatoms. The Morgan fingerprint density at radius 1 is 1.50 bits per heavy atom. The third-order valence-corrected chi connectivity index (χ3v) is 4.46. The van der Waals surface area contributed by atoms with Crippen LogP contribution in [0, 0.1) is 19.8 Å². The van der Waals surface area contributed by atoms with Crippen LogP contribution >= 0.6 is 11.3 Å². The van der Waals surface area contributed by atoms with Gasteiger partial charge in [-0.2, -0.15) is 0 Å². The highest BCUT2D eigenvalue weighted by molar-refractivity contribution is 7.15. The minimum atomic E-state index is 0.781. The molecule has 1 saturated heterocycles. The second-order valence-electron chi connectivity index (χ2n) is 4.73. The highest BCUT2D eigenvalue weighted by Gasteiger charge is 2.17. The number of hydrogen-bond acceptors (Lipinski definition) is 4. The molecule has 2 rings (SSSR count). The van der Waals surface area contributed by atoms with Gasteiger partial charge in [-0.1, -0.05) is 0 Å². The van der Waals surface area contributed by atoms with Crippen LogP contribution in [0.1, 0.15) is 23.4 Å². The zero-order chi connectivity index (χ0) is 11.5. The molecule has 1 atom stereocenters. The van der Waals surface area contributed by atoms with Crippen molar-refractivity contribution in [3.05, 3.63) is 10.6 Å². The average Bonchev–Trinajstić information content (AvgIpc) is 2.61. The predicted octanol–water partition coefficient (Wildman–Crippen LogP) is 2.20. The lowest BCUT2D eigenvalue weighted by Crippen LogP contribution is -2.36. The quantitative estimate of drug-likeness (QED) is 0.876. The van der Waals surface area contributed by atoms with E-state index in [0.717, 1.165) is 19.0 Å². The van der Waals surface area contributed by atoms with Gasteiger partial charge in [0.2, 0.25) is 0 Å². The van der Waals surface area contributed by atoms with E-state index in [9.17, 15) is 0 Å². The number of aromatic nitrogens is 1. The standard InChI is InChI=1S/C12H21N3S/c1-9-10(2)16-12(14-9)15(3)8-11-5-4-6-13-7-11/h11,13H,4-8H2,1-3H3. The summed E-state index contributed by atoms with van der Waals surface area (Å²) in [5, 5.41) is 4.63. The summed E-state index contributed by atoms with van der Waals surface area (Å²) in [4.78, 5) is 8.24. The van der Waals surface area contributed by atoms with Gasteiger partial charge in [-0.25, -0.2) is 4.98 Å². The first kappa shape index (κ1) is 11.9. The summed E-state index contributed by atoms with van der Waals surface area (Å²) in [7, 11) is 2.16. The summed E-state index contributed by atoms with van der Waals surface area (Å²) in [6, 6.07) is 0. The van der Waals surface area contributed by atoms with Crippen molar-refractivity contribution in [1.29, 1.82) is 0 Å². The van der Waals surface area contributed by atoms with E-state index in [1.165, 1.54) is 35.1 Å². The highest BCUT2D eigenvalue weighted by atomic mass is 32.1. The normalized spacial score (nSPS) is 21.1. The molecule has 0 amide bonds. The number of anilines is 1. The maximum Gasteiger partial charge on any atom is 0.185 e. The van der Waals surface area contributed by atoms with Gasteiger partial charge in [0, 0.05) is 18.5 Å². The molecule has 90 valence electrons. The second-order valence-corrected chi connectivity index (χ2v) is 5.91. The van der Waals surface area contributed by atoms with Crippen LogP contribution in [0.2, 0.25) is 0 Å². The van der Waals surface area contributed by atoms with E-state index >= 15 is 0 Å². The van der Waals surface area contributed by atoms with Gasteiger partial charge in [0.25, 0.3) is 0 Å². The molecule has 1 aromatic rings. The van der Waals surface area contributed by atoms with Crippen LogP contribution in [0.4, 0.5) is 5.13 Å². The molecule has 0 aromatic carbocycles. The van der Waals surface area contributed by atoms with Crippen LogP contribution in [-0.2, 0) is 0 Å². The molecule has 0 spiro atoms. The first-order valence-electron chi connectivity index (χ1n) is 6.02. The summed E-state index contributed by atoms with van der Waals surface area (Å²) >= 11 is 1.81. The summed E-state index contributed by atoms with van der Waals surface area (Å²) in [5.41, 5.74) is 1.17. The second kappa shape index (κ2) is 5.15. The minimum Gasteiger partial charge on any atom is -0.351 e. The van der Waals surface area contributed by atoms with Crippen molar-refractivity contribution in [3.63, 3.8) is 0 Å². The molecular formula is C12H21N3S. The summed E-state index contributed by atoms with van der Waals surface area (Å²) < 4.78 is 0. The van der Waals surface area contributed by atoms with Gasteiger partial charge in [-0.05, 0) is 45.7 Å². The van der Waals surface area contributed by atoms with E-state index in [1.807, 2.05) is 0 Å². The Labute approximate surface area is 102 Å². The molecule has 1 unspecified atom stereocenters. The van der Waals surface area contributed by atoms with Crippen molar-refractivity contribution in [1.82, 2.24) is 10.3 Å². The van der Waals surface area contributed by atoms with Crippen molar-refractivity contribution in [2.75, 3.05) is 31.6 Å². The average molecular weight is 239 g/mol. The molecule has 16 heavy (non-hydrogen) atoms. The molecule has 0 radical (unpaired) electrons. The zero-order valence-electron chi connectivity index (χ0n) is 10.4. The fourth-order valence-corrected chi connectivity index (χ4v) is 3.04. The summed E-state index contributed by atoms with van der Waals surface area (Å²) in [5.74, 6) is 0.781. The van der Waals surface area contributed by atoms with E-state index < -0.39 is 0 Å². The van der Waals surface area contributed by atoms with Crippen molar-refractivity contribution >= 4 is 16.5 Å². The molecule has 1 aromatic heterocycles. The third kappa shape index (κ3) is 2.74. The first-order chi connectivity index (χ1) is 7.66. The van der Waals surface area contributed by atoms with Gasteiger partial charge in [0.05, 0.1) is 5.69 Å². The van der Waals surface area contributed by atoms with Crippen molar-refractivity contribution < 1.29 is 0 Å². The van der Waals surface area contributed by atoms with Crippen molar-refractivity contribution in [2.45, 2.75) is 26.7 Å². The molecule has 1 aliphatic rings. The molecule has 1 N–H and O–H groups in total. The Hall–Kier alpha value is -0.610. The number of nitrogens with one attached hydrogen (secondary N) is 1. The molecule has 1 fully saturated rings. The van der Waals surface area contributed by atoms with E-state index in [0.29, 0.717) is 0 Å². The molecule has 0 saturated carbocycles. The van der Waals surface area contributed by atoms with Gasteiger partial charge in [0.15, 0.2) is 5.13 Å². The van der Waals surface area contributed by atoms with Crippen LogP contribution in [0.15, 0.2) is 0 Å². The van der Waals surface area contributed by atoms with Gasteiger partial charge in [0.1, 0.15) is 0 Å². The fraction of sp³-hybridized carbons (Fsp3) is 0.750. The van der Waals surface area contributed by atoms with E-state index in [2.05, 4.69) is 36.1 Å². The Balaban J connectivity index is 1.93. The molecule has 3 nitrogen and oxygen atoms in total. The molecule has 1 aliphatic heterocycles. The van der Waals surface area contributed by atoms with Gasteiger partial charge >= 0.3 is 0 Å². The van der Waals surface area contributed by atoms with E-state index in [-0.39, 0.29) is 0 Å². The van der Waals surface area contributed by atoms with Crippen LogP contribution in [0.5, 0.6) is 0 Å². The number of rotatable bonds is 3. The fourth-order valence-electron chi connectivity index (χ4n) is 2.16. The van der Waals surface area contributed by atoms with Gasteiger partial charge in [-0.3, -0.25) is 0 Å². The van der Waals surface area contributed by atoms with Crippen LogP contribution < -0.4 is 10.2 Å². The highest BCUT2D eigenvalue weighted by Crippen LogP contribution is 2.25. The largest absolute Gasteiger partial charge is 0.351 e. The monoisotopic (exact) mass is 239 g/mol. The van der Waals surface area contributed by atoms with Crippen LogP contribution in [0.3, 0.4) is 0 Å². The molecule has 0 aliphatic carbocycles. The van der Waals surface area contributed by atoms with E-state index in [1.54, 1.807) is 11.3 Å². The smallest absolute Gasteiger partial charge is 0.185 e. The first-order valence-corrected chi connectivity index (χ1v) is 6.84. The van der Waals surface area contributed by atoms with Crippen LogP contribution in [0.25, 0.3) is 0 Å². The van der Waals surface area contributed by atoms with Crippen molar-refractivity contribution in [2.24, 2.45) is 5.92 Å².